The lowest BCUT2D eigenvalue weighted by Gasteiger charge is -2.14. The maximum absolute atomic E-state index is 15.7. The number of ether oxygens (including phenoxy) is 2. The van der Waals surface area contributed by atoms with E-state index >= 15 is 4.39 Å². The molecule has 0 aliphatic rings. The first-order valence-electron chi connectivity index (χ1n) is 13.9. The van der Waals surface area contributed by atoms with Crippen molar-refractivity contribution < 1.29 is 23.8 Å². The van der Waals surface area contributed by atoms with Crippen LogP contribution < -0.4 is 15.2 Å². The molecule has 0 radical (unpaired) electrons. The van der Waals surface area contributed by atoms with Gasteiger partial charge in [-0.05, 0) is 34.4 Å². The average molecular weight is 590 g/mol. The van der Waals surface area contributed by atoms with Crippen LogP contribution in [-0.2, 0) is 31.5 Å². The molecule has 0 amide bonds. The van der Waals surface area contributed by atoms with E-state index in [0.29, 0.717) is 40.3 Å². The number of hydrogen-bond acceptors (Lipinski definition) is 5. The SMILES string of the molecule is Cn1c(=O)n(-c2ccc(OCc3ccccc3)nc2OCc2ccccc2)c2cc(F)c(-c3ccc(CC(=O)O)cc3)cc21. The van der Waals surface area contributed by atoms with Crippen molar-refractivity contribution in [2.75, 3.05) is 0 Å². The molecule has 0 aliphatic carbocycles. The molecule has 9 heteroatoms. The highest BCUT2D eigenvalue weighted by molar-refractivity contribution is 5.85. The second-order valence-electron chi connectivity index (χ2n) is 10.3. The van der Waals surface area contributed by atoms with E-state index < -0.39 is 17.5 Å². The molecule has 0 spiro atoms. The summed E-state index contributed by atoms with van der Waals surface area (Å²) < 4.78 is 30.6. The zero-order chi connectivity index (χ0) is 30.6. The summed E-state index contributed by atoms with van der Waals surface area (Å²) in [4.78, 5) is 29.3. The third-order valence-electron chi connectivity index (χ3n) is 7.27. The monoisotopic (exact) mass is 589 g/mol. The molecule has 0 unspecified atom stereocenters. The van der Waals surface area contributed by atoms with E-state index in [1.165, 1.54) is 15.2 Å². The predicted octanol–water partition coefficient (Wildman–Crippen LogP) is 6.32. The minimum atomic E-state index is -0.945. The number of carbonyl (C=O) groups is 1. The quantitative estimate of drug-likeness (QED) is 0.201. The Morgan fingerprint density at radius 2 is 1.43 bits per heavy atom. The Hall–Kier alpha value is -5.70. The first-order valence-corrected chi connectivity index (χ1v) is 13.9. The molecule has 0 bridgehead atoms. The second-order valence-corrected chi connectivity index (χ2v) is 10.3. The molecular formula is C35H28FN3O5. The first kappa shape index (κ1) is 28.4. The van der Waals surface area contributed by atoms with Crippen LogP contribution in [0.25, 0.3) is 27.8 Å². The Labute approximate surface area is 252 Å². The average Bonchev–Trinajstić information content (AvgIpc) is 3.27. The van der Waals surface area contributed by atoms with E-state index in [1.807, 2.05) is 60.7 Å². The van der Waals surface area contributed by atoms with E-state index in [9.17, 15) is 9.59 Å². The van der Waals surface area contributed by atoms with Crippen LogP contribution in [0.4, 0.5) is 4.39 Å². The fourth-order valence-corrected chi connectivity index (χ4v) is 5.02. The van der Waals surface area contributed by atoms with Gasteiger partial charge in [-0.2, -0.15) is 4.98 Å². The Balaban J connectivity index is 1.40. The highest BCUT2D eigenvalue weighted by Crippen LogP contribution is 2.32. The number of halogens is 1. The first-order chi connectivity index (χ1) is 21.4. The van der Waals surface area contributed by atoms with Crippen molar-refractivity contribution in [2.45, 2.75) is 19.6 Å². The van der Waals surface area contributed by atoms with Crippen LogP contribution in [-0.4, -0.2) is 25.2 Å². The molecule has 6 rings (SSSR count). The van der Waals surface area contributed by atoms with Gasteiger partial charge in [0.1, 0.15) is 24.7 Å². The summed E-state index contributed by atoms with van der Waals surface area (Å²) in [6.07, 6.45) is -0.127. The highest BCUT2D eigenvalue weighted by Gasteiger charge is 2.21. The van der Waals surface area contributed by atoms with Gasteiger partial charge in [-0.15, -0.1) is 0 Å². The minimum Gasteiger partial charge on any atom is -0.481 e. The van der Waals surface area contributed by atoms with Gasteiger partial charge in [0.15, 0.2) is 0 Å². The van der Waals surface area contributed by atoms with Gasteiger partial charge in [-0.1, -0.05) is 84.9 Å². The number of benzene rings is 4. The summed E-state index contributed by atoms with van der Waals surface area (Å²) in [6.45, 7) is 0.490. The molecule has 0 aliphatic heterocycles. The normalized spacial score (nSPS) is 11.0. The molecule has 2 aromatic heterocycles. The molecule has 0 saturated heterocycles. The zero-order valence-corrected chi connectivity index (χ0v) is 23.8. The molecule has 220 valence electrons. The summed E-state index contributed by atoms with van der Waals surface area (Å²) in [5.74, 6) is -1.01. The maximum Gasteiger partial charge on any atom is 0.333 e. The fourth-order valence-electron chi connectivity index (χ4n) is 5.02. The van der Waals surface area contributed by atoms with Crippen molar-refractivity contribution in [2.24, 2.45) is 7.05 Å². The number of aromatic nitrogens is 3. The summed E-state index contributed by atoms with van der Waals surface area (Å²) in [5.41, 5.74) is 4.11. The lowest BCUT2D eigenvalue weighted by Crippen LogP contribution is -2.21. The number of nitrogens with zero attached hydrogens (tertiary/aromatic N) is 3. The van der Waals surface area contributed by atoms with Gasteiger partial charge in [0, 0.05) is 24.7 Å². The number of carboxylic acids is 1. The van der Waals surface area contributed by atoms with Crippen molar-refractivity contribution >= 4 is 17.0 Å². The number of fused-ring (bicyclic) bond motifs is 1. The molecule has 8 nitrogen and oxygen atoms in total. The number of rotatable bonds is 10. The zero-order valence-electron chi connectivity index (χ0n) is 23.8. The van der Waals surface area contributed by atoms with Crippen LogP contribution in [0, 0.1) is 5.82 Å². The van der Waals surface area contributed by atoms with Crippen LogP contribution in [0.1, 0.15) is 16.7 Å². The molecule has 1 N–H and O–H groups in total. The third-order valence-corrected chi connectivity index (χ3v) is 7.27. The van der Waals surface area contributed by atoms with E-state index in [-0.39, 0.29) is 24.5 Å². The number of aliphatic carboxylic acids is 1. The van der Waals surface area contributed by atoms with Gasteiger partial charge in [0.05, 0.1) is 17.5 Å². The van der Waals surface area contributed by atoms with Crippen LogP contribution in [0.15, 0.2) is 114 Å². The van der Waals surface area contributed by atoms with Crippen LogP contribution >= 0.6 is 0 Å². The van der Waals surface area contributed by atoms with Gasteiger partial charge < -0.3 is 14.6 Å². The van der Waals surface area contributed by atoms with Gasteiger partial charge in [0.25, 0.3) is 0 Å². The number of aryl methyl sites for hydroxylation is 1. The number of carboxylic acid groups (broad SMARTS) is 1. The van der Waals surface area contributed by atoms with Crippen LogP contribution in [0.3, 0.4) is 0 Å². The van der Waals surface area contributed by atoms with Crippen LogP contribution in [0.2, 0.25) is 0 Å². The molecule has 4 aromatic carbocycles. The van der Waals surface area contributed by atoms with Crippen molar-refractivity contribution in [3.05, 3.63) is 142 Å². The molecule has 0 fully saturated rings. The van der Waals surface area contributed by atoms with Gasteiger partial charge in [-0.3, -0.25) is 13.9 Å². The third kappa shape index (κ3) is 5.94. The predicted molar refractivity (Wildman–Crippen MR) is 165 cm³/mol. The lowest BCUT2D eigenvalue weighted by atomic mass is 10.0. The standard InChI is InChI=1S/C35H28FN3O5/c1-38-30-19-27(26-14-12-23(13-15-26)18-33(40)41)28(36)20-31(30)39(35(38)42)29-16-17-32(43-21-24-8-4-2-5-9-24)37-34(29)44-22-25-10-6-3-7-11-25/h2-17,19-20H,18,21-22H2,1H3,(H,40,41). The van der Waals surface area contributed by atoms with E-state index in [4.69, 9.17) is 14.6 Å². The molecule has 44 heavy (non-hydrogen) atoms. The Morgan fingerprint density at radius 1 is 0.795 bits per heavy atom. The fraction of sp³-hybridized carbons (Fsp3) is 0.114. The summed E-state index contributed by atoms with van der Waals surface area (Å²) in [6, 6.07) is 32.2. The molecule has 2 heterocycles. The lowest BCUT2D eigenvalue weighted by molar-refractivity contribution is -0.136. The Kier molecular flexibility index (Phi) is 7.92. The molecule has 6 aromatic rings. The van der Waals surface area contributed by atoms with Crippen molar-refractivity contribution in [3.8, 4) is 28.6 Å². The largest absolute Gasteiger partial charge is 0.481 e. The number of hydrogen-bond donors (Lipinski definition) is 1. The van der Waals surface area contributed by atoms with E-state index in [2.05, 4.69) is 4.98 Å². The summed E-state index contributed by atoms with van der Waals surface area (Å²) in [5, 5.41) is 9.05. The molecular weight excluding hydrogens is 561 g/mol. The van der Waals surface area contributed by atoms with Crippen molar-refractivity contribution in [3.63, 3.8) is 0 Å². The summed E-state index contributed by atoms with van der Waals surface area (Å²) in [7, 11) is 1.62. The number of imidazole rings is 1. The second kappa shape index (κ2) is 12.3. The van der Waals surface area contributed by atoms with Crippen molar-refractivity contribution in [1.82, 2.24) is 14.1 Å². The van der Waals surface area contributed by atoms with E-state index in [0.717, 1.165) is 11.1 Å². The topological polar surface area (TPSA) is 95.6 Å². The van der Waals surface area contributed by atoms with Crippen molar-refractivity contribution in [1.29, 1.82) is 0 Å². The van der Waals surface area contributed by atoms with Crippen LogP contribution in [0.5, 0.6) is 11.8 Å². The molecule has 0 saturated carbocycles. The highest BCUT2D eigenvalue weighted by atomic mass is 19.1. The Morgan fingerprint density at radius 3 is 2.07 bits per heavy atom. The maximum atomic E-state index is 15.7. The Bertz CT molecular complexity index is 2000. The summed E-state index contributed by atoms with van der Waals surface area (Å²) >= 11 is 0. The van der Waals surface area contributed by atoms with Gasteiger partial charge >= 0.3 is 11.7 Å². The van der Waals surface area contributed by atoms with Gasteiger partial charge in [0.2, 0.25) is 11.8 Å². The molecule has 0 atom stereocenters. The van der Waals surface area contributed by atoms with Gasteiger partial charge in [-0.25, -0.2) is 9.18 Å². The number of pyridine rings is 1. The smallest absolute Gasteiger partial charge is 0.333 e. The minimum absolute atomic E-state index is 0.127. The van der Waals surface area contributed by atoms with E-state index in [1.54, 1.807) is 49.5 Å².